The first-order valence-electron chi connectivity index (χ1n) is 6.81. The number of nitrogens with one attached hydrogen (secondary N) is 1. The van der Waals surface area contributed by atoms with Crippen LogP contribution in [0.15, 0.2) is 42.5 Å². The Hall–Kier alpha value is -2.49. The number of carbonyl (C=O) groups is 1. The zero-order valence-corrected chi connectivity index (χ0v) is 12.6. The molecular weight excluding hydrogens is 264 g/mol. The van der Waals surface area contributed by atoms with E-state index in [-0.39, 0.29) is 11.7 Å². The summed E-state index contributed by atoms with van der Waals surface area (Å²) in [7, 11) is 3.48. The molecule has 0 unspecified atom stereocenters. The Labute approximate surface area is 125 Å². The topological polar surface area (TPSA) is 52.6 Å². The molecule has 0 heterocycles. The molecule has 0 bridgehead atoms. The molecule has 0 aliphatic rings. The summed E-state index contributed by atoms with van der Waals surface area (Å²) in [6, 6.07) is 12.7. The number of carbonyl (C=O) groups excluding carboxylic acids is 1. The van der Waals surface area contributed by atoms with Crippen LogP contribution in [0.3, 0.4) is 0 Å². The maximum Gasteiger partial charge on any atom is 0.253 e. The summed E-state index contributed by atoms with van der Waals surface area (Å²) in [6.45, 7) is 2.59. The SMILES string of the molecule is Cc1ccc(C(=O)N(C)C)cc1NCc1cccc(O)c1. The molecule has 21 heavy (non-hydrogen) atoms. The minimum atomic E-state index is -0.0181. The normalized spacial score (nSPS) is 10.2. The van der Waals surface area contributed by atoms with Gasteiger partial charge in [0.2, 0.25) is 0 Å². The zero-order valence-electron chi connectivity index (χ0n) is 12.6. The minimum absolute atomic E-state index is 0.0181. The molecule has 110 valence electrons. The molecule has 0 atom stereocenters. The summed E-state index contributed by atoms with van der Waals surface area (Å²) >= 11 is 0. The lowest BCUT2D eigenvalue weighted by atomic mass is 10.1. The summed E-state index contributed by atoms with van der Waals surface area (Å²) in [4.78, 5) is 13.6. The first kappa shape index (κ1) is 14.9. The third kappa shape index (κ3) is 3.75. The molecule has 0 aromatic heterocycles. The van der Waals surface area contributed by atoms with Gasteiger partial charge in [0, 0.05) is 31.9 Å². The van der Waals surface area contributed by atoms with Gasteiger partial charge in [-0.15, -0.1) is 0 Å². The van der Waals surface area contributed by atoms with Crippen molar-refractivity contribution in [2.45, 2.75) is 13.5 Å². The number of phenols is 1. The Balaban J connectivity index is 2.16. The van der Waals surface area contributed by atoms with Crippen molar-refractivity contribution in [3.8, 4) is 5.75 Å². The van der Waals surface area contributed by atoms with Crippen molar-refractivity contribution in [3.63, 3.8) is 0 Å². The molecule has 0 aliphatic carbocycles. The third-order valence-corrected chi connectivity index (χ3v) is 3.28. The van der Waals surface area contributed by atoms with E-state index in [1.807, 2.05) is 37.3 Å². The lowest BCUT2D eigenvalue weighted by Crippen LogP contribution is -2.21. The predicted molar refractivity (Wildman–Crippen MR) is 84.6 cm³/mol. The number of aromatic hydroxyl groups is 1. The van der Waals surface area contributed by atoms with Crippen molar-refractivity contribution in [1.82, 2.24) is 4.90 Å². The van der Waals surface area contributed by atoms with Crippen molar-refractivity contribution in [1.29, 1.82) is 0 Å². The molecule has 0 aliphatic heterocycles. The van der Waals surface area contributed by atoms with Crippen LogP contribution in [0.1, 0.15) is 21.5 Å². The molecule has 0 fully saturated rings. The van der Waals surface area contributed by atoms with E-state index in [4.69, 9.17) is 0 Å². The van der Waals surface area contributed by atoms with E-state index in [0.29, 0.717) is 12.1 Å². The summed E-state index contributed by atoms with van der Waals surface area (Å²) in [6.07, 6.45) is 0. The second-order valence-corrected chi connectivity index (χ2v) is 5.25. The lowest BCUT2D eigenvalue weighted by Gasteiger charge is -2.14. The highest BCUT2D eigenvalue weighted by Gasteiger charge is 2.09. The van der Waals surface area contributed by atoms with Gasteiger partial charge in [-0.05, 0) is 42.3 Å². The van der Waals surface area contributed by atoms with Gasteiger partial charge >= 0.3 is 0 Å². The van der Waals surface area contributed by atoms with Crippen LogP contribution in [-0.4, -0.2) is 30.0 Å². The van der Waals surface area contributed by atoms with Crippen LogP contribution in [0.5, 0.6) is 5.75 Å². The van der Waals surface area contributed by atoms with Crippen molar-refractivity contribution in [2.75, 3.05) is 19.4 Å². The number of aryl methyl sites for hydroxylation is 1. The largest absolute Gasteiger partial charge is 0.508 e. The highest BCUT2D eigenvalue weighted by atomic mass is 16.3. The van der Waals surface area contributed by atoms with Crippen molar-refractivity contribution in [2.24, 2.45) is 0 Å². The van der Waals surface area contributed by atoms with Crippen molar-refractivity contribution >= 4 is 11.6 Å². The first-order valence-corrected chi connectivity index (χ1v) is 6.81. The van der Waals surface area contributed by atoms with E-state index >= 15 is 0 Å². The fourth-order valence-electron chi connectivity index (χ4n) is 2.07. The number of nitrogens with zero attached hydrogens (tertiary/aromatic N) is 1. The summed E-state index contributed by atoms with van der Waals surface area (Å²) in [5, 5.41) is 12.8. The summed E-state index contributed by atoms with van der Waals surface area (Å²) < 4.78 is 0. The third-order valence-electron chi connectivity index (χ3n) is 3.28. The molecule has 0 radical (unpaired) electrons. The van der Waals surface area contributed by atoms with Gasteiger partial charge < -0.3 is 15.3 Å². The second kappa shape index (κ2) is 6.31. The van der Waals surface area contributed by atoms with E-state index in [0.717, 1.165) is 16.8 Å². The Morgan fingerprint density at radius 3 is 2.62 bits per heavy atom. The molecule has 0 saturated carbocycles. The number of rotatable bonds is 4. The Morgan fingerprint density at radius 1 is 1.19 bits per heavy atom. The van der Waals surface area contributed by atoms with Gasteiger partial charge in [0.15, 0.2) is 0 Å². The van der Waals surface area contributed by atoms with Crippen LogP contribution in [0.4, 0.5) is 5.69 Å². The average Bonchev–Trinajstić information content (AvgIpc) is 2.45. The molecule has 1 amide bonds. The van der Waals surface area contributed by atoms with Crippen molar-refractivity contribution in [3.05, 3.63) is 59.2 Å². The Morgan fingerprint density at radius 2 is 1.95 bits per heavy atom. The average molecular weight is 284 g/mol. The molecule has 4 nitrogen and oxygen atoms in total. The van der Waals surface area contributed by atoms with Gasteiger partial charge in [-0.1, -0.05) is 18.2 Å². The number of phenolic OH excluding ortho intramolecular Hbond substituents is 1. The number of anilines is 1. The number of hydrogen-bond acceptors (Lipinski definition) is 3. The van der Waals surface area contributed by atoms with E-state index < -0.39 is 0 Å². The lowest BCUT2D eigenvalue weighted by molar-refractivity contribution is 0.0827. The number of hydrogen-bond donors (Lipinski definition) is 2. The van der Waals surface area contributed by atoms with Gasteiger partial charge in [-0.2, -0.15) is 0 Å². The van der Waals surface area contributed by atoms with Crippen LogP contribution < -0.4 is 5.32 Å². The fourth-order valence-corrected chi connectivity index (χ4v) is 2.07. The Bertz CT molecular complexity index is 651. The van der Waals surface area contributed by atoms with Gasteiger partial charge in [0.05, 0.1) is 0 Å². The van der Waals surface area contributed by atoms with E-state index in [9.17, 15) is 9.90 Å². The maximum absolute atomic E-state index is 12.0. The maximum atomic E-state index is 12.0. The van der Waals surface area contributed by atoms with E-state index in [1.54, 1.807) is 31.1 Å². The van der Waals surface area contributed by atoms with Crippen LogP contribution in [0.25, 0.3) is 0 Å². The second-order valence-electron chi connectivity index (χ2n) is 5.25. The van der Waals surface area contributed by atoms with E-state index in [2.05, 4.69) is 5.32 Å². The summed E-state index contributed by atoms with van der Waals surface area (Å²) in [5.74, 6) is 0.234. The smallest absolute Gasteiger partial charge is 0.253 e. The van der Waals surface area contributed by atoms with Crippen LogP contribution in [0.2, 0.25) is 0 Å². The number of benzene rings is 2. The molecule has 0 spiro atoms. The van der Waals surface area contributed by atoms with E-state index in [1.165, 1.54) is 0 Å². The quantitative estimate of drug-likeness (QED) is 0.907. The minimum Gasteiger partial charge on any atom is -0.508 e. The first-order chi connectivity index (χ1) is 9.97. The summed E-state index contributed by atoms with van der Waals surface area (Å²) in [5.41, 5.74) is 3.64. The molecule has 2 rings (SSSR count). The molecular formula is C17H20N2O2. The van der Waals surface area contributed by atoms with Gasteiger partial charge in [-0.25, -0.2) is 0 Å². The molecule has 2 aromatic carbocycles. The van der Waals surface area contributed by atoms with Crippen molar-refractivity contribution < 1.29 is 9.90 Å². The Kier molecular flexibility index (Phi) is 4.48. The van der Waals surface area contributed by atoms with Gasteiger partial charge in [-0.3, -0.25) is 4.79 Å². The van der Waals surface area contributed by atoms with Gasteiger partial charge in [0.1, 0.15) is 5.75 Å². The predicted octanol–water partition coefficient (Wildman–Crippen LogP) is 3.01. The molecule has 2 N–H and O–H groups in total. The molecule has 2 aromatic rings. The molecule has 4 heteroatoms. The zero-order chi connectivity index (χ0) is 15.4. The number of amides is 1. The standard InChI is InChI=1S/C17H20N2O2/c1-12-7-8-14(17(21)19(2)3)10-16(12)18-11-13-5-4-6-15(20)9-13/h4-10,18,20H,11H2,1-3H3. The molecule has 0 saturated heterocycles. The monoisotopic (exact) mass is 284 g/mol. The van der Waals surface area contributed by atoms with Gasteiger partial charge in [0.25, 0.3) is 5.91 Å². The highest BCUT2D eigenvalue weighted by Crippen LogP contribution is 2.19. The van der Waals surface area contributed by atoms with Crippen LogP contribution >= 0.6 is 0 Å². The van der Waals surface area contributed by atoms with Crippen LogP contribution in [0, 0.1) is 6.92 Å². The van der Waals surface area contributed by atoms with Crippen LogP contribution in [-0.2, 0) is 6.54 Å². The highest BCUT2D eigenvalue weighted by molar-refractivity contribution is 5.95. The fraction of sp³-hybridized carbons (Fsp3) is 0.235.